The number of halogens is 3. The summed E-state index contributed by atoms with van der Waals surface area (Å²) in [5.74, 6) is -0.534. The zero-order valence-corrected chi connectivity index (χ0v) is 9.90. The molecule has 0 aliphatic rings. The summed E-state index contributed by atoms with van der Waals surface area (Å²) in [7, 11) is 1.28. The van der Waals surface area contributed by atoms with E-state index in [1.54, 1.807) is 0 Å². The molecule has 0 unspecified atom stereocenters. The smallest absolute Gasteiger partial charge is 0.269 e. The van der Waals surface area contributed by atoms with Crippen molar-refractivity contribution in [2.24, 2.45) is 0 Å². The van der Waals surface area contributed by atoms with Crippen molar-refractivity contribution in [3.63, 3.8) is 0 Å². The molecule has 3 nitrogen and oxygen atoms in total. The van der Waals surface area contributed by atoms with Gasteiger partial charge in [-0.05, 0) is 29.8 Å². The third-order valence-electron chi connectivity index (χ3n) is 1.73. The van der Waals surface area contributed by atoms with Gasteiger partial charge in [0.25, 0.3) is 5.91 Å². The van der Waals surface area contributed by atoms with Gasteiger partial charge in [-0.1, -0.05) is 23.2 Å². The Morgan fingerprint density at radius 3 is 2.27 bits per heavy atom. The second-order valence-electron chi connectivity index (χ2n) is 2.75. The van der Waals surface area contributed by atoms with E-state index in [9.17, 15) is 9.59 Å². The Kier molecular flexibility index (Phi) is 3.97. The lowest BCUT2D eigenvalue weighted by atomic mass is 10.2. The number of hydrogen-bond acceptors (Lipinski definition) is 2. The summed E-state index contributed by atoms with van der Waals surface area (Å²) in [6, 6.07) is 4.32. The molecule has 0 aromatic heterocycles. The van der Waals surface area contributed by atoms with Crippen LogP contribution in [0.4, 0.5) is 4.79 Å². The number of amides is 2. The van der Waals surface area contributed by atoms with Gasteiger partial charge in [-0.3, -0.25) is 14.5 Å². The summed E-state index contributed by atoms with van der Waals surface area (Å²) in [5, 5.41) is -0.267. The number of benzene rings is 1. The number of nitrogens with zero attached hydrogens (tertiary/aromatic N) is 1. The van der Waals surface area contributed by atoms with Crippen molar-refractivity contribution in [1.82, 2.24) is 4.90 Å². The average molecular weight is 267 g/mol. The number of rotatable bonds is 1. The van der Waals surface area contributed by atoms with E-state index in [-0.39, 0.29) is 10.6 Å². The number of carbonyl (C=O) groups is 2. The lowest BCUT2D eigenvalue weighted by Crippen LogP contribution is -2.28. The fraction of sp³-hybridized carbons (Fsp3) is 0.111. The first-order valence-corrected chi connectivity index (χ1v) is 4.99. The van der Waals surface area contributed by atoms with Crippen LogP contribution in [0.5, 0.6) is 0 Å². The van der Waals surface area contributed by atoms with E-state index >= 15 is 0 Å². The minimum Gasteiger partial charge on any atom is -0.269 e. The highest BCUT2D eigenvalue weighted by Gasteiger charge is 2.17. The predicted octanol–water partition coefficient (Wildman–Crippen LogP) is 3.42. The van der Waals surface area contributed by atoms with Gasteiger partial charge in [0, 0.05) is 12.6 Å². The van der Waals surface area contributed by atoms with Crippen molar-refractivity contribution in [1.29, 1.82) is 0 Å². The zero-order chi connectivity index (χ0) is 11.6. The molecule has 1 rings (SSSR count). The van der Waals surface area contributed by atoms with E-state index in [2.05, 4.69) is 0 Å². The topological polar surface area (TPSA) is 37.4 Å². The monoisotopic (exact) mass is 265 g/mol. The summed E-state index contributed by atoms with van der Waals surface area (Å²) in [6.45, 7) is 0. The molecule has 80 valence electrons. The molecule has 6 heteroatoms. The Morgan fingerprint density at radius 1 is 1.20 bits per heavy atom. The molecule has 0 bridgehead atoms. The van der Waals surface area contributed by atoms with E-state index in [4.69, 9.17) is 34.8 Å². The van der Waals surface area contributed by atoms with E-state index in [1.807, 2.05) is 0 Å². The number of hydrogen-bond donors (Lipinski definition) is 0. The zero-order valence-electron chi connectivity index (χ0n) is 7.63. The molecule has 0 saturated carbocycles. The van der Waals surface area contributed by atoms with E-state index < -0.39 is 11.3 Å². The minimum absolute atomic E-state index is 0.248. The van der Waals surface area contributed by atoms with Gasteiger partial charge in [0.1, 0.15) is 0 Å². The summed E-state index contributed by atoms with van der Waals surface area (Å²) in [4.78, 5) is 23.1. The molecule has 0 N–H and O–H groups in total. The van der Waals surface area contributed by atoms with Crippen LogP contribution in [0.15, 0.2) is 18.2 Å². The van der Waals surface area contributed by atoms with Crippen LogP contribution < -0.4 is 0 Å². The Morgan fingerprint density at radius 2 is 1.80 bits per heavy atom. The molecule has 2 amide bonds. The third kappa shape index (κ3) is 2.84. The van der Waals surface area contributed by atoms with Crippen LogP contribution in [0.25, 0.3) is 0 Å². The summed E-state index contributed by atoms with van der Waals surface area (Å²) < 4.78 is 0. The molecule has 0 spiro atoms. The number of carbonyl (C=O) groups excluding carboxylic acids is 2. The first-order chi connectivity index (χ1) is 6.93. The molecule has 0 radical (unpaired) electrons. The van der Waals surface area contributed by atoms with E-state index in [1.165, 1.54) is 25.2 Å². The quantitative estimate of drug-likeness (QED) is 0.577. The highest BCUT2D eigenvalue weighted by atomic mass is 35.5. The average Bonchev–Trinajstić information content (AvgIpc) is 2.19. The molecule has 0 atom stereocenters. The maximum absolute atomic E-state index is 11.6. The maximum Gasteiger partial charge on any atom is 0.323 e. The Labute approximate surface area is 102 Å². The Hall–Kier alpha value is -0.770. The van der Waals surface area contributed by atoms with E-state index in [0.717, 1.165) is 4.90 Å². The molecule has 0 aliphatic heterocycles. The first-order valence-electron chi connectivity index (χ1n) is 3.86. The normalized spacial score (nSPS) is 9.87. The van der Waals surface area contributed by atoms with Crippen molar-refractivity contribution in [2.75, 3.05) is 7.05 Å². The summed E-state index contributed by atoms with van der Waals surface area (Å²) >= 11 is 16.6. The first kappa shape index (κ1) is 12.3. The van der Waals surface area contributed by atoms with Crippen molar-refractivity contribution < 1.29 is 9.59 Å². The lowest BCUT2D eigenvalue weighted by molar-refractivity contribution is 0.0847. The maximum atomic E-state index is 11.6. The highest BCUT2D eigenvalue weighted by Crippen LogP contribution is 2.23. The minimum atomic E-state index is -0.855. The summed E-state index contributed by atoms with van der Waals surface area (Å²) in [6.07, 6.45) is 0. The molecular formula is C9H6Cl3NO2. The second-order valence-corrected chi connectivity index (χ2v) is 3.88. The second kappa shape index (κ2) is 4.84. The van der Waals surface area contributed by atoms with Crippen molar-refractivity contribution in [2.45, 2.75) is 0 Å². The van der Waals surface area contributed by atoms with Crippen LogP contribution in [-0.4, -0.2) is 23.2 Å². The van der Waals surface area contributed by atoms with Gasteiger partial charge in [-0.2, -0.15) is 0 Å². The lowest BCUT2D eigenvalue weighted by Gasteiger charge is -2.11. The molecule has 1 aromatic rings. The Bertz CT molecular complexity index is 420. The van der Waals surface area contributed by atoms with Gasteiger partial charge >= 0.3 is 5.37 Å². The van der Waals surface area contributed by atoms with E-state index in [0.29, 0.717) is 5.02 Å². The van der Waals surface area contributed by atoms with Crippen molar-refractivity contribution in [3.8, 4) is 0 Å². The van der Waals surface area contributed by atoms with Crippen molar-refractivity contribution in [3.05, 3.63) is 33.8 Å². The molecule has 0 aliphatic carbocycles. The van der Waals surface area contributed by atoms with Crippen LogP contribution in [0.2, 0.25) is 10.0 Å². The summed E-state index contributed by atoms with van der Waals surface area (Å²) in [5.41, 5.74) is 0.251. The molecule has 1 aromatic carbocycles. The van der Waals surface area contributed by atoms with Gasteiger partial charge in [0.05, 0.1) is 10.0 Å². The molecule has 0 saturated heterocycles. The Balaban J connectivity index is 3.02. The van der Waals surface area contributed by atoms with Crippen LogP contribution in [0, 0.1) is 0 Å². The van der Waals surface area contributed by atoms with Gasteiger partial charge in [-0.15, -0.1) is 0 Å². The van der Waals surface area contributed by atoms with Gasteiger partial charge in [0.2, 0.25) is 0 Å². The number of imide groups is 1. The SMILES string of the molecule is CN(C(=O)Cl)C(=O)c1ccc(Cl)c(Cl)c1. The predicted molar refractivity (Wildman–Crippen MR) is 59.8 cm³/mol. The fourth-order valence-corrected chi connectivity index (χ4v) is 1.28. The largest absolute Gasteiger partial charge is 0.323 e. The van der Waals surface area contributed by atoms with Crippen LogP contribution in [0.1, 0.15) is 10.4 Å². The highest BCUT2D eigenvalue weighted by molar-refractivity contribution is 6.64. The van der Waals surface area contributed by atoms with Gasteiger partial charge in [0.15, 0.2) is 0 Å². The third-order valence-corrected chi connectivity index (χ3v) is 2.73. The van der Waals surface area contributed by atoms with Crippen LogP contribution in [0.3, 0.4) is 0 Å². The molecular weight excluding hydrogens is 260 g/mol. The van der Waals surface area contributed by atoms with Crippen LogP contribution in [-0.2, 0) is 0 Å². The molecule has 15 heavy (non-hydrogen) atoms. The van der Waals surface area contributed by atoms with Gasteiger partial charge in [-0.25, -0.2) is 0 Å². The van der Waals surface area contributed by atoms with Crippen LogP contribution >= 0.6 is 34.8 Å². The van der Waals surface area contributed by atoms with Gasteiger partial charge < -0.3 is 0 Å². The standard InChI is InChI=1S/C9H6Cl3NO2/c1-13(9(12)15)8(14)5-2-3-6(10)7(11)4-5/h2-4H,1H3. The van der Waals surface area contributed by atoms with Crippen molar-refractivity contribution >= 4 is 46.1 Å². The molecule has 0 fully saturated rings. The fourth-order valence-electron chi connectivity index (χ4n) is 0.903. The molecule has 0 heterocycles.